The molecule has 6 heteroatoms. The molecule has 1 fully saturated rings. The van der Waals surface area contributed by atoms with Crippen molar-refractivity contribution in [2.45, 2.75) is 39.3 Å². The van der Waals surface area contributed by atoms with E-state index in [0.29, 0.717) is 19.7 Å². The first-order chi connectivity index (χ1) is 9.33. The van der Waals surface area contributed by atoms with Gasteiger partial charge in [-0.15, -0.1) is 0 Å². The van der Waals surface area contributed by atoms with Crippen molar-refractivity contribution in [2.24, 2.45) is 4.99 Å². The molecule has 0 aromatic carbocycles. The number of carbonyl (C=O) groups is 1. The lowest BCUT2D eigenvalue weighted by Crippen LogP contribution is -2.66. The summed E-state index contributed by atoms with van der Waals surface area (Å²) in [6.45, 7) is 10.7. The third-order valence-electron chi connectivity index (χ3n) is 3.44. The second kappa shape index (κ2) is 6.92. The first kappa shape index (κ1) is 16.8. The maximum Gasteiger partial charge on any atom is 0.242 e. The summed E-state index contributed by atoms with van der Waals surface area (Å²) in [5.74, 6) is 0.901. The number of aliphatic imine (C=N–C) groups is 1. The van der Waals surface area contributed by atoms with Crippen LogP contribution in [-0.4, -0.2) is 73.6 Å². The summed E-state index contributed by atoms with van der Waals surface area (Å²) < 4.78 is 5.02. The predicted octanol–water partition coefficient (Wildman–Crippen LogP) is 0.539. The number of amides is 1. The van der Waals surface area contributed by atoms with Gasteiger partial charge in [-0.2, -0.15) is 0 Å². The smallest absolute Gasteiger partial charge is 0.242 e. The summed E-state index contributed by atoms with van der Waals surface area (Å²) >= 11 is 0. The molecule has 20 heavy (non-hydrogen) atoms. The van der Waals surface area contributed by atoms with E-state index >= 15 is 0 Å². The first-order valence-electron chi connectivity index (χ1n) is 7.10. The fourth-order valence-corrected chi connectivity index (χ4v) is 2.91. The van der Waals surface area contributed by atoms with Crippen molar-refractivity contribution in [1.82, 2.24) is 15.1 Å². The lowest BCUT2D eigenvalue weighted by atomic mass is 9.96. The SMILES string of the molecule is CN=C(NCCOC)N1CC(=O)N(C(C)C)C(C)(C)C1. The van der Waals surface area contributed by atoms with Gasteiger partial charge in [-0.25, -0.2) is 0 Å². The van der Waals surface area contributed by atoms with Crippen LogP contribution in [-0.2, 0) is 9.53 Å². The average molecular weight is 284 g/mol. The van der Waals surface area contributed by atoms with E-state index in [1.807, 2.05) is 9.80 Å². The van der Waals surface area contributed by atoms with Gasteiger partial charge in [0.2, 0.25) is 5.91 Å². The Hall–Kier alpha value is -1.30. The summed E-state index contributed by atoms with van der Waals surface area (Å²) in [4.78, 5) is 20.6. The maximum absolute atomic E-state index is 12.4. The van der Waals surface area contributed by atoms with E-state index in [4.69, 9.17) is 4.74 Å². The second-order valence-corrected chi connectivity index (χ2v) is 5.99. The van der Waals surface area contributed by atoms with Gasteiger partial charge in [0.1, 0.15) is 0 Å². The summed E-state index contributed by atoms with van der Waals surface area (Å²) in [6, 6.07) is 0.211. The molecule has 0 unspecified atom stereocenters. The normalized spacial score (nSPS) is 19.8. The van der Waals surface area contributed by atoms with Gasteiger partial charge in [0.25, 0.3) is 0 Å². The van der Waals surface area contributed by atoms with E-state index in [1.165, 1.54) is 0 Å². The molecule has 1 heterocycles. The van der Waals surface area contributed by atoms with Gasteiger partial charge >= 0.3 is 0 Å². The topological polar surface area (TPSA) is 57.2 Å². The summed E-state index contributed by atoms with van der Waals surface area (Å²) in [6.07, 6.45) is 0. The molecule has 0 saturated carbocycles. The van der Waals surface area contributed by atoms with Gasteiger partial charge in [-0.05, 0) is 27.7 Å². The van der Waals surface area contributed by atoms with Gasteiger partial charge in [-0.1, -0.05) is 0 Å². The number of carbonyl (C=O) groups excluding carboxylic acids is 1. The molecular weight excluding hydrogens is 256 g/mol. The minimum absolute atomic E-state index is 0.144. The molecule has 1 saturated heterocycles. The number of piperazine rings is 1. The predicted molar refractivity (Wildman–Crippen MR) is 80.9 cm³/mol. The highest BCUT2D eigenvalue weighted by atomic mass is 16.5. The van der Waals surface area contributed by atoms with Gasteiger partial charge in [-0.3, -0.25) is 9.79 Å². The van der Waals surface area contributed by atoms with Crippen LogP contribution in [0.25, 0.3) is 0 Å². The molecule has 1 aliphatic heterocycles. The number of rotatable bonds is 4. The minimum atomic E-state index is -0.206. The average Bonchev–Trinajstić information content (AvgIpc) is 2.32. The van der Waals surface area contributed by atoms with E-state index in [2.05, 4.69) is 38.0 Å². The Morgan fingerprint density at radius 3 is 2.60 bits per heavy atom. The van der Waals surface area contributed by atoms with Gasteiger partial charge in [0.15, 0.2) is 5.96 Å². The molecule has 1 aliphatic rings. The zero-order valence-corrected chi connectivity index (χ0v) is 13.6. The van der Waals surface area contributed by atoms with Crippen LogP contribution >= 0.6 is 0 Å². The molecule has 0 atom stereocenters. The molecule has 0 aromatic heterocycles. The Bertz CT molecular complexity index is 366. The molecule has 0 aliphatic carbocycles. The highest BCUT2D eigenvalue weighted by Crippen LogP contribution is 2.24. The van der Waals surface area contributed by atoms with Crippen molar-refractivity contribution < 1.29 is 9.53 Å². The summed E-state index contributed by atoms with van der Waals surface area (Å²) in [5, 5.41) is 3.22. The van der Waals surface area contributed by atoms with Crippen LogP contribution in [0.5, 0.6) is 0 Å². The van der Waals surface area contributed by atoms with Crippen LogP contribution in [0.1, 0.15) is 27.7 Å². The van der Waals surface area contributed by atoms with Crippen molar-refractivity contribution in [2.75, 3.05) is 40.4 Å². The van der Waals surface area contributed by atoms with E-state index in [-0.39, 0.29) is 17.5 Å². The van der Waals surface area contributed by atoms with Crippen LogP contribution in [0.2, 0.25) is 0 Å². The molecule has 0 radical (unpaired) electrons. The molecule has 116 valence electrons. The van der Waals surface area contributed by atoms with Crippen molar-refractivity contribution in [3.63, 3.8) is 0 Å². The Kier molecular flexibility index (Phi) is 5.80. The molecule has 0 aromatic rings. The van der Waals surface area contributed by atoms with Crippen LogP contribution in [0.15, 0.2) is 4.99 Å². The third kappa shape index (κ3) is 3.85. The first-order valence-corrected chi connectivity index (χ1v) is 7.10. The molecule has 0 bridgehead atoms. The number of guanidine groups is 1. The molecule has 0 spiro atoms. The molecule has 1 N–H and O–H groups in total. The quantitative estimate of drug-likeness (QED) is 0.465. The van der Waals surface area contributed by atoms with Crippen molar-refractivity contribution in [1.29, 1.82) is 0 Å². The fourth-order valence-electron chi connectivity index (χ4n) is 2.91. The summed E-state index contributed by atoms with van der Waals surface area (Å²) in [5.41, 5.74) is -0.206. The Balaban J connectivity index is 2.77. The number of ether oxygens (including phenoxy) is 1. The van der Waals surface area contributed by atoms with Crippen LogP contribution in [0.4, 0.5) is 0 Å². The number of nitrogens with one attached hydrogen (secondary N) is 1. The largest absolute Gasteiger partial charge is 0.383 e. The maximum atomic E-state index is 12.4. The summed E-state index contributed by atoms with van der Waals surface area (Å²) in [7, 11) is 3.40. The lowest BCUT2D eigenvalue weighted by molar-refractivity contribution is -0.145. The number of hydrogen-bond donors (Lipinski definition) is 1. The minimum Gasteiger partial charge on any atom is -0.383 e. The molecule has 6 nitrogen and oxygen atoms in total. The van der Waals surface area contributed by atoms with Crippen LogP contribution in [0.3, 0.4) is 0 Å². The lowest BCUT2D eigenvalue weighted by Gasteiger charge is -2.49. The van der Waals surface area contributed by atoms with Gasteiger partial charge in [0.05, 0.1) is 18.7 Å². The van der Waals surface area contributed by atoms with E-state index in [1.54, 1.807) is 14.2 Å². The van der Waals surface area contributed by atoms with E-state index < -0.39 is 0 Å². The molecule has 1 amide bonds. The highest BCUT2D eigenvalue weighted by Gasteiger charge is 2.40. The number of nitrogens with zero attached hydrogens (tertiary/aromatic N) is 3. The van der Waals surface area contributed by atoms with Crippen molar-refractivity contribution >= 4 is 11.9 Å². The number of methoxy groups -OCH3 is 1. The standard InChI is InChI=1S/C14H28N4O2/c1-11(2)18-12(19)9-17(10-14(18,3)4)13(15-5)16-7-8-20-6/h11H,7-10H2,1-6H3,(H,15,16). The van der Waals surface area contributed by atoms with Crippen LogP contribution < -0.4 is 5.32 Å². The number of hydrogen-bond acceptors (Lipinski definition) is 3. The van der Waals surface area contributed by atoms with E-state index in [0.717, 1.165) is 12.5 Å². The molecular formula is C14H28N4O2. The van der Waals surface area contributed by atoms with Gasteiger partial charge < -0.3 is 19.9 Å². The Morgan fingerprint density at radius 2 is 2.15 bits per heavy atom. The zero-order chi connectivity index (χ0) is 15.3. The van der Waals surface area contributed by atoms with Gasteiger partial charge in [0, 0.05) is 33.3 Å². The highest BCUT2D eigenvalue weighted by molar-refractivity contribution is 5.88. The second-order valence-electron chi connectivity index (χ2n) is 5.99. The third-order valence-corrected chi connectivity index (χ3v) is 3.44. The Morgan fingerprint density at radius 1 is 1.50 bits per heavy atom. The molecule has 1 rings (SSSR count). The fraction of sp³-hybridized carbons (Fsp3) is 0.857. The van der Waals surface area contributed by atoms with Crippen LogP contribution in [0, 0.1) is 0 Å². The Labute approximate surface area is 122 Å². The van der Waals surface area contributed by atoms with E-state index in [9.17, 15) is 4.79 Å². The zero-order valence-electron chi connectivity index (χ0n) is 13.6. The van der Waals surface area contributed by atoms with Crippen molar-refractivity contribution in [3.8, 4) is 0 Å². The monoisotopic (exact) mass is 284 g/mol. The van der Waals surface area contributed by atoms with Crippen molar-refractivity contribution in [3.05, 3.63) is 0 Å².